The van der Waals surface area contributed by atoms with Gasteiger partial charge in [0.15, 0.2) is 0 Å². The smallest absolute Gasteiger partial charge is 0.475 e. The van der Waals surface area contributed by atoms with E-state index in [2.05, 4.69) is 5.32 Å². The van der Waals surface area contributed by atoms with E-state index in [1.807, 2.05) is 13.8 Å². The Labute approximate surface area is 180 Å². The summed E-state index contributed by atoms with van der Waals surface area (Å²) in [5, 5.41) is 10.3. The van der Waals surface area contributed by atoms with E-state index in [-0.39, 0.29) is 23.4 Å². The Hall–Kier alpha value is -2.18. The van der Waals surface area contributed by atoms with Crippen molar-refractivity contribution < 1.29 is 36.3 Å². The number of aryl methyl sites for hydroxylation is 2. The van der Waals surface area contributed by atoms with Gasteiger partial charge in [0, 0.05) is 32.2 Å². The Bertz CT molecular complexity index is 882. The van der Waals surface area contributed by atoms with Crippen LogP contribution in [0.2, 0.25) is 0 Å². The molecule has 0 radical (unpaired) electrons. The number of nitrogens with zero attached hydrogens (tertiary/aromatic N) is 2. The summed E-state index contributed by atoms with van der Waals surface area (Å²) >= 11 is 0. The molecule has 0 atom stereocenters. The molecule has 1 aromatic carbocycles. The highest BCUT2D eigenvalue weighted by molar-refractivity contribution is 7.89. The Morgan fingerprint density at radius 3 is 2.10 bits per heavy atom. The maximum Gasteiger partial charge on any atom is 0.490 e. The number of nitrogens with one attached hydrogen (secondary N) is 1. The molecule has 1 amide bonds. The van der Waals surface area contributed by atoms with Gasteiger partial charge in [0.25, 0.3) is 0 Å². The van der Waals surface area contributed by atoms with Crippen LogP contribution in [0.25, 0.3) is 0 Å². The number of sulfonamides is 1. The van der Waals surface area contributed by atoms with E-state index in [1.54, 1.807) is 36.9 Å². The Morgan fingerprint density at radius 2 is 1.68 bits per heavy atom. The molecule has 31 heavy (non-hydrogen) atoms. The van der Waals surface area contributed by atoms with Gasteiger partial charge < -0.3 is 15.3 Å². The predicted octanol–water partition coefficient (Wildman–Crippen LogP) is 1.77. The topological polar surface area (TPSA) is 107 Å². The molecule has 1 aliphatic heterocycles. The van der Waals surface area contributed by atoms with E-state index in [0.717, 1.165) is 24.2 Å². The molecule has 0 spiro atoms. The Morgan fingerprint density at radius 1 is 1.16 bits per heavy atom. The number of rotatable bonds is 5. The van der Waals surface area contributed by atoms with Gasteiger partial charge in [-0.2, -0.15) is 17.5 Å². The highest BCUT2D eigenvalue weighted by Crippen LogP contribution is 2.21. The zero-order chi connectivity index (χ0) is 24.0. The standard InChI is InChI=1S/C17H27N3O3S.C2HF3O2/c1-13(2)20(12-17(21)19-9-7-18-8-10-19)24(22,23)16-6-5-14(3)15(4)11-16;3-2(4,5)1(6)7/h5-6,11,13,18H,7-10,12H2,1-4H3;(H,6,7). The number of carboxylic acid groups (broad SMARTS) is 1. The minimum Gasteiger partial charge on any atom is -0.475 e. The zero-order valence-corrected chi connectivity index (χ0v) is 18.7. The summed E-state index contributed by atoms with van der Waals surface area (Å²) in [4.78, 5) is 23.4. The van der Waals surface area contributed by atoms with Crippen molar-refractivity contribution in [3.05, 3.63) is 29.3 Å². The van der Waals surface area contributed by atoms with Crippen molar-refractivity contribution in [3.63, 3.8) is 0 Å². The maximum atomic E-state index is 13.0. The van der Waals surface area contributed by atoms with Crippen molar-refractivity contribution in [2.24, 2.45) is 0 Å². The van der Waals surface area contributed by atoms with Crippen molar-refractivity contribution in [1.82, 2.24) is 14.5 Å². The molecule has 0 unspecified atom stereocenters. The number of piperazine rings is 1. The molecule has 0 saturated carbocycles. The van der Waals surface area contributed by atoms with Crippen LogP contribution in [-0.4, -0.2) is 79.5 Å². The fourth-order valence-electron chi connectivity index (χ4n) is 2.70. The largest absolute Gasteiger partial charge is 0.490 e. The van der Waals surface area contributed by atoms with Gasteiger partial charge in [-0.3, -0.25) is 4.79 Å². The van der Waals surface area contributed by atoms with Gasteiger partial charge in [0.2, 0.25) is 15.9 Å². The number of hydrogen-bond acceptors (Lipinski definition) is 5. The van der Waals surface area contributed by atoms with Crippen LogP contribution in [0, 0.1) is 13.8 Å². The average molecular weight is 468 g/mol. The number of amides is 1. The number of alkyl halides is 3. The summed E-state index contributed by atoms with van der Waals surface area (Å²) in [6.45, 7) is 10.0. The summed E-state index contributed by atoms with van der Waals surface area (Å²) in [7, 11) is -3.70. The van der Waals surface area contributed by atoms with Crippen molar-refractivity contribution >= 4 is 21.9 Å². The predicted molar refractivity (Wildman–Crippen MR) is 108 cm³/mol. The number of benzene rings is 1. The van der Waals surface area contributed by atoms with E-state index in [1.165, 1.54) is 4.31 Å². The van der Waals surface area contributed by atoms with Gasteiger partial charge >= 0.3 is 12.1 Å². The monoisotopic (exact) mass is 467 g/mol. The molecule has 1 fully saturated rings. The van der Waals surface area contributed by atoms with E-state index in [0.29, 0.717) is 13.1 Å². The molecule has 176 valence electrons. The van der Waals surface area contributed by atoms with Crippen LogP contribution in [0.3, 0.4) is 0 Å². The van der Waals surface area contributed by atoms with Crippen molar-refractivity contribution in [2.75, 3.05) is 32.7 Å². The lowest BCUT2D eigenvalue weighted by Crippen LogP contribution is -2.51. The van der Waals surface area contributed by atoms with Gasteiger partial charge in [-0.1, -0.05) is 6.07 Å². The quantitative estimate of drug-likeness (QED) is 0.684. The first-order valence-electron chi connectivity index (χ1n) is 9.55. The third-order valence-corrected chi connectivity index (χ3v) is 6.68. The van der Waals surface area contributed by atoms with Gasteiger partial charge in [-0.15, -0.1) is 0 Å². The molecule has 1 heterocycles. The highest BCUT2D eigenvalue weighted by Gasteiger charge is 2.38. The van der Waals surface area contributed by atoms with E-state index in [4.69, 9.17) is 9.90 Å². The molecule has 2 N–H and O–H groups in total. The van der Waals surface area contributed by atoms with Gasteiger partial charge in [0.05, 0.1) is 11.4 Å². The minimum atomic E-state index is -5.08. The normalized spacial score (nSPS) is 14.9. The van der Waals surface area contributed by atoms with Crippen LogP contribution in [0.4, 0.5) is 13.2 Å². The fourth-order valence-corrected chi connectivity index (χ4v) is 4.37. The SMILES string of the molecule is Cc1ccc(S(=O)(=O)N(CC(=O)N2CCNCC2)C(C)C)cc1C.O=C(O)C(F)(F)F. The van der Waals surface area contributed by atoms with E-state index >= 15 is 0 Å². The van der Waals surface area contributed by atoms with E-state index in [9.17, 15) is 26.4 Å². The number of carbonyl (C=O) groups excluding carboxylic acids is 1. The molecule has 0 aliphatic carbocycles. The van der Waals surface area contributed by atoms with Crippen LogP contribution < -0.4 is 5.32 Å². The lowest BCUT2D eigenvalue weighted by molar-refractivity contribution is -0.192. The van der Waals surface area contributed by atoms with Crippen molar-refractivity contribution in [1.29, 1.82) is 0 Å². The molecule has 8 nitrogen and oxygen atoms in total. The van der Waals surface area contributed by atoms with Gasteiger partial charge in [0.1, 0.15) is 0 Å². The molecule has 1 aliphatic rings. The molecule has 0 bridgehead atoms. The molecule has 1 aromatic rings. The van der Waals surface area contributed by atoms with Gasteiger partial charge in [-0.05, 0) is 51.0 Å². The molecule has 0 aromatic heterocycles. The number of carboxylic acids is 1. The summed E-state index contributed by atoms with van der Waals surface area (Å²) in [5.41, 5.74) is 1.97. The number of aliphatic carboxylic acids is 1. The third kappa shape index (κ3) is 7.78. The van der Waals surface area contributed by atoms with Crippen molar-refractivity contribution in [2.45, 2.75) is 44.8 Å². The molecule has 2 rings (SSSR count). The Kier molecular flexibility index (Phi) is 9.45. The number of hydrogen-bond donors (Lipinski definition) is 2. The summed E-state index contributed by atoms with van der Waals surface area (Å²) in [5.74, 6) is -2.90. The highest BCUT2D eigenvalue weighted by atomic mass is 32.2. The number of carbonyl (C=O) groups is 2. The fraction of sp³-hybridized carbons (Fsp3) is 0.579. The summed E-state index contributed by atoms with van der Waals surface area (Å²) in [6.07, 6.45) is -5.08. The lowest BCUT2D eigenvalue weighted by atomic mass is 10.1. The average Bonchev–Trinajstić information content (AvgIpc) is 2.68. The Balaban J connectivity index is 0.000000592. The molecule has 12 heteroatoms. The van der Waals surface area contributed by atoms with Crippen molar-refractivity contribution in [3.8, 4) is 0 Å². The van der Waals surface area contributed by atoms with E-state index < -0.39 is 22.2 Å². The third-order valence-electron chi connectivity index (χ3n) is 4.66. The first-order chi connectivity index (χ1) is 14.2. The molecular weight excluding hydrogens is 439 g/mol. The second kappa shape index (κ2) is 10.9. The first-order valence-corrected chi connectivity index (χ1v) is 11.0. The second-order valence-corrected chi connectivity index (χ2v) is 9.21. The van der Waals surface area contributed by atoms with Crippen LogP contribution in [0.5, 0.6) is 0 Å². The molecular formula is C19H28F3N3O5S. The lowest BCUT2D eigenvalue weighted by Gasteiger charge is -2.31. The molecule has 1 saturated heterocycles. The van der Waals surface area contributed by atoms with Crippen LogP contribution in [0.15, 0.2) is 23.1 Å². The second-order valence-electron chi connectivity index (χ2n) is 7.32. The van der Waals surface area contributed by atoms with Gasteiger partial charge in [-0.25, -0.2) is 13.2 Å². The summed E-state index contributed by atoms with van der Waals surface area (Å²) < 4.78 is 59.0. The maximum absolute atomic E-state index is 13.0. The summed E-state index contributed by atoms with van der Waals surface area (Å²) in [6, 6.07) is 4.81. The minimum absolute atomic E-state index is 0.118. The van der Waals surface area contributed by atoms with Crippen LogP contribution in [-0.2, 0) is 19.6 Å². The first kappa shape index (κ1) is 26.9. The van der Waals surface area contributed by atoms with Crippen LogP contribution in [0.1, 0.15) is 25.0 Å². The van der Waals surface area contributed by atoms with Crippen LogP contribution >= 0.6 is 0 Å². The number of halogens is 3. The zero-order valence-electron chi connectivity index (χ0n) is 17.9.